The molecule has 0 aliphatic heterocycles. The summed E-state index contributed by atoms with van der Waals surface area (Å²) in [7, 11) is 1.38. The third-order valence-electron chi connectivity index (χ3n) is 2.65. The first kappa shape index (κ1) is 10.5. The molecule has 0 radical (unpaired) electrons. The molecule has 1 saturated carbocycles. The Morgan fingerprint density at radius 3 is 2.69 bits per heavy atom. The molecule has 0 aromatic heterocycles. The zero-order chi connectivity index (χ0) is 9.68. The molecule has 13 heavy (non-hydrogen) atoms. The molecule has 1 atom stereocenters. The molecule has 76 valence electrons. The van der Waals surface area contributed by atoms with Gasteiger partial charge in [0, 0.05) is 6.61 Å². The van der Waals surface area contributed by atoms with Crippen molar-refractivity contribution in [2.75, 3.05) is 13.7 Å². The summed E-state index contributed by atoms with van der Waals surface area (Å²) in [6.45, 7) is 2.41. The van der Waals surface area contributed by atoms with Crippen LogP contribution in [0.15, 0.2) is 0 Å². The van der Waals surface area contributed by atoms with Gasteiger partial charge in [0.15, 0.2) is 6.10 Å². The minimum atomic E-state index is -0.412. The summed E-state index contributed by atoms with van der Waals surface area (Å²) in [6.07, 6.45) is 4.69. The number of carbonyl (C=O) groups is 1. The molecule has 0 spiro atoms. The van der Waals surface area contributed by atoms with Crippen molar-refractivity contribution in [3.05, 3.63) is 0 Å². The molecule has 0 aromatic carbocycles. The van der Waals surface area contributed by atoms with Crippen LogP contribution in [0, 0.1) is 5.92 Å². The van der Waals surface area contributed by atoms with E-state index in [0.717, 1.165) is 12.3 Å². The van der Waals surface area contributed by atoms with Crippen molar-refractivity contribution >= 4 is 5.97 Å². The Hall–Kier alpha value is -0.570. The van der Waals surface area contributed by atoms with Gasteiger partial charge in [0.1, 0.15) is 0 Å². The summed E-state index contributed by atoms with van der Waals surface area (Å²) >= 11 is 0. The van der Waals surface area contributed by atoms with Gasteiger partial charge in [-0.2, -0.15) is 0 Å². The molecule has 1 rings (SSSR count). The van der Waals surface area contributed by atoms with Crippen LogP contribution >= 0.6 is 0 Å². The number of methoxy groups -OCH3 is 1. The number of ether oxygens (including phenoxy) is 2. The van der Waals surface area contributed by atoms with Gasteiger partial charge in [-0.25, -0.2) is 4.79 Å². The summed E-state index contributed by atoms with van der Waals surface area (Å²) in [5.41, 5.74) is 0. The maximum Gasteiger partial charge on any atom is 0.334 e. The van der Waals surface area contributed by atoms with Crippen LogP contribution in [0.4, 0.5) is 0 Å². The van der Waals surface area contributed by atoms with E-state index in [2.05, 4.69) is 4.74 Å². The molecule has 0 aromatic rings. The fourth-order valence-electron chi connectivity index (χ4n) is 1.43. The largest absolute Gasteiger partial charge is 0.467 e. The first-order valence-electron chi connectivity index (χ1n) is 4.93. The highest BCUT2D eigenvalue weighted by Crippen LogP contribution is 2.29. The third-order valence-corrected chi connectivity index (χ3v) is 2.65. The van der Waals surface area contributed by atoms with Crippen LogP contribution in [0.1, 0.15) is 32.6 Å². The highest BCUT2D eigenvalue weighted by molar-refractivity contribution is 5.73. The van der Waals surface area contributed by atoms with Crippen LogP contribution in [0.3, 0.4) is 0 Å². The van der Waals surface area contributed by atoms with Gasteiger partial charge in [0.05, 0.1) is 7.11 Å². The van der Waals surface area contributed by atoms with E-state index in [1.165, 1.54) is 26.4 Å². The average Bonchev–Trinajstić information content (AvgIpc) is 2.07. The Labute approximate surface area is 79.4 Å². The summed E-state index contributed by atoms with van der Waals surface area (Å²) in [5, 5.41) is 0. The van der Waals surface area contributed by atoms with E-state index >= 15 is 0 Å². The molecule has 3 heteroatoms. The molecular weight excluding hydrogens is 168 g/mol. The SMILES string of the molecule is COC(=O)[C@H](C)OCCC1CCC1. The lowest BCUT2D eigenvalue weighted by atomic mass is 9.83. The van der Waals surface area contributed by atoms with Crippen LogP contribution in [0.25, 0.3) is 0 Å². The molecule has 0 N–H and O–H groups in total. The monoisotopic (exact) mass is 186 g/mol. The topological polar surface area (TPSA) is 35.5 Å². The maximum atomic E-state index is 10.9. The quantitative estimate of drug-likeness (QED) is 0.614. The summed E-state index contributed by atoms with van der Waals surface area (Å²) in [6, 6.07) is 0. The van der Waals surface area contributed by atoms with Crippen molar-refractivity contribution < 1.29 is 14.3 Å². The molecule has 0 saturated heterocycles. The highest BCUT2D eigenvalue weighted by atomic mass is 16.6. The zero-order valence-electron chi connectivity index (χ0n) is 8.41. The number of rotatable bonds is 5. The fourth-order valence-corrected chi connectivity index (χ4v) is 1.43. The molecule has 0 bridgehead atoms. The van der Waals surface area contributed by atoms with E-state index in [1.807, 2.05) is 0 Å². The van der Waals surface area contributed by atoms with Gasteiger partial charge in [-0.1, -0.05) is 19.3 Å². The minimum Gasteiger partial charge on any atom is -0.467 e. The Kier molecular flexibility index (Phi) is 4.22. The van der Waals surface area contributed by atoms with Crippen molar-refractivity contribution in [3.63, 3.8) is 0 Å². The molecular formula is C10H18O3. The first-order valence-corrected chi connectivity index (χ1v) is 4.93. The second-order valence-corrected chi connectivity index (χ2v) is 3.62. The predicted octanol–water partition coefficient (Wildman–Crippen LogP) is 1.75. The number of carbonyl (C=O) groups excluding carboxylic acids is 1. The van der Waals surface area contributed by atoms with Gasteiger partial charge in [-0.15, -0.1) is 0 Å². The van der Waals surface area contributed by atoms with Crippen molar-refractivity contribution in [1.82, 2.24) is 0 Å². The second-order valence-electron chi connectivity index (χ2n) is 3.62. The van der Waals surface area contributed by atoms with E-state index in [1.54, 1.807) is 6.92 Å². The molecule has 1 aliphatic rings. The Morgan fingerprint density at radius 1 is 1.54 bits per heavy atom. The highest BCUT2D eigenvalue weighted by Gasteiger charge is 2.18. The van der Waals surface area contributed by atoms with Crippen LogP contribution in [0.2, 0.25) is 0 Å². The number of esters is 1. The first-order chi connectivity index (χ1) is 6.24. The Morgan fingerprint density at radius 2 is 2.23 bits per heavy atom. The van der Waals surface area contributed by atoms with E-state index in [-0.39, 0.29) is 5.97 Å². The summed E-state index contributed by atoms with van der Waals surface area (Å²) in [4.78, 5) is 10.9. The van der Waals surface area contributed by atoms with Gasteiger partial charge in [-0.3, -0.25) is 0 Å². The van der Waals surface area contributed by atoms with Crippen LogP contribution < -0.4 is 0 Å². The molecule has 1 fully saturated rings. The molecule has 1 aliphatic carbocycles. The van der Waals surface area contributed by atoms with Crippen LogP contribution in [0.5, 0.6) is 0 Å². The van der Waals surface area contributed by atoms with E-state index in [0.29, 0.717) is 6.61 Å². The van der Waals surface area contributed by atoms with Gasteiger partial charge < -0.3 is 9.47 Å². The normalized spacial score (nSPS) is 19.2. The van der Waals surface area contributed by atoms with Crippen molar-refractivity contribution in [3.8, 4) is 0 Å². The molecule has 0 amide bonds. The average molecular weight is 186 g/mol. The Bertz CT molecular complexity index is 164. The minimum absolute atomic E-state index is 0.284. The van der Waals surface area contributed by atoms with E-state index in [9.17, 15) is 4.79 Å². The summed E-state index contributed by atoms with van der Waals surface area (Å²) < 4.78 is 9.87. The fraction of sp³-hybridized carbons (Fsp3) is 0.900. The van der Waals surface area contributed by atoms with Gasteiger partial charge in [-0.05, 0) is 19.3 Å². The van der Waals surface area contributed by atoms with Crippen molar-refractivity contribution in [2.45, 2.75) is 38.7 Å². The molecule has 0 unspecified atom stereocenters. The second kappa shape index (κ2) is 5.22. The molecule has 0 heterocycles. The number of hydrogen-bond acceptors (Lipinski definition) is 3. The lowest BCUT2D eigenvalue weighted by molar-refractivity contribution is -0.153. The smallest absolute Gasteiger partial charge is 0.334 e. The molecule has 3 nitrogen and oxygen atoms in total. The number of hydrogen-bond donors (Lipinski definition) is 0. The lowest BCUT2D eigenvalue weighted by Crippen LogP contribution is -2.24. The van der Waals surface area contributed by atoms with Crippen molar-refractivity contribution in [2.24, 2.45) is 5.92 Å². The van der Waals surface area contributed by atoms with Gasteiger partial charge in [0.25, 0.3) is 0 Å². The van der Waals surface area contributed by atoms with Crippen LogP contribution in [-0.4, -0.2) is 25.8 Å². The standard InChI is InChI=1S/C10H18O3/c1-8(10(11)12-2)13-7-6-9-4-3-5-9/h8-9H,3-7H2,1-2H3/t8-/m0/s1. The van der Waals surface area contributed by atoms with Gasteiger partial charge >= 0.3 is 5.97 Å². The van der Waals surface area contributed by atoms with E-state index < -0.39 is 6.10 Å². The van der Waals surface area contributed by atoms with E-state index in [4.69, 9.17) is 4.74 Å². The van der Waals surface area contributed by atoms with Gasteiger partial charge in [0.2, 0.25) is 0 Å². The third kappa shape index (κ3) is 3.35. The zero-order valence-corrected chi connectivity index (χ0v) is 8.41. The van der Waals surface area contributed by atoms with Crippen molar-refractivity contribution in [1.29, 1.82) is 0 Å². The Balaban J connectivity index is 2.00. The maximum absolute atomic E-state index is 10.9. The summed E-state index contributed by atoms with van der Waals surface area (Å²) in [5.74, 6) is 0.554. The predicted molar refractivity (Wildman–Crippen MR) is 49.4 cm³/mol. The van der Waals surface area contributed by atoms with Crippen LogP contribution in [-0.2, 0) is 14.3 Å². The lowest BCUT2D eigenvalue weighted by Gasteiger charge is -2.25.